The maximum atomic E-state index is 12.9. The van der Waals surface area contributed by atoms with E-state index in [2.05, 4.69) is 28.1 Å². The lowest BCUT2D eigenvalue weighted by molar-refractivity contribution is -0.136. The molecule has 1 fully saturated rings. The Kier molecular flexibility index (Phi) is 4.88. The average molecular weight is 418 g/mol. The number of nitrogens with one attached hydrogen (secondary N) is 3. The highest BCUT2D eigenvalue weighted by atomic mass is 16.2. The van der Waals surface area contributed by atoms with Gasteiger partial charge in [0.25, 0.3) is 11.8 Å². The Labute approximate surface area is 179 Å². The zero-order valence-electron chi connectivity index (χ0n) is 16.8. The van der Waals surface area contributed by atoms with E-state index < -0.39 is 23.8 Å². The lowest BCUT2D eigenvalue weighted by Crippen LogP contribution is -2.54. The molecule has 8 heteroatoms. The van der Waals surface area contributed by atoms with Crippen LogP contribution in [0.3, 0.4) is 0 Å². The smallest absolute Gasteiger partial charge is 0.262 e. The van der Waals surface area contributed by atoms with E-state index in [1.54, 1.807) is 12.1 Å². The third-order valence-electron chi connectivity index (χ3n) is 6.15. The minimum Gasteiger partial charge on any atom is -0.311 e. The second-order valence-electron chi connectivity index (χ2n) is 8.09. The van der Waals surface area contributed by atoms with Crippen LogP contribution in [0.25, 0.3) is 0 Å². The largest absolute Gasteiger partial charge is 0.311 e. The molecule has 5 rings (SSSR count). The highest BCUT2D eigenvalue weighted by molar-refractivity contribution is 6.23. The van der Waals surface area contributed by atoms with Crippen molar-refractivity contribution in [3.8, 4) is 0 Å². The second-order valence-corrected chi connectivity index (χ2v) is 8.09. The normalized spacial score (nSPS) is 22.5. The molecular formula is C23H22N4O4. The van der Waals surface area contributed by atoms with Crippen LogP contribution >= 0.6 is 0 Å². The SMILES string of the molecule is O=C1CCC(N2C(=O)c3ccc(CNCC4NCc5ccccc54)cc3C2=O)C(=O)N1. The molecule has 0 spiro atoms. The Morgan fingerprint density at radius 2 is 1.81 bits per heavy atom. The molecule has 2 atom stereocenters. The van der Waals surface area contributed by atoms with Gasteiger partial charge in [-0.05, 0) is 35.2 Å². The molecule has 3 N–H and O–H groups in total. The van der Waals surface area contributed by atoms with Gasteiger partial charge in [0, 0.05) is 32.1 Å². The summed E-state index contributed by atoms with van der Waals surface area (Å²) in [6.07, 6.45) is 0.262. The maximum Gasteiger partial charge on any atom is 0.262 e. The Balaban J connectivity index is 1.26. The molecule has 2 unspecified atom stereocenters. The van der Waals surface area contributed by atoms with Gasteiger partial charge in [-0.3, -0.25) is 29.4 Å². The van der Waals surface area contributed by atoms with Crippen LogP contribution in [0, 0.1) is 0 Å². The minimum atomic E-state index is -0.944. The number of piperidine rings is 1. The molecule has 3 aliphatic heterocycles. The first-order valence-corrected chi connectivity index (χ1v) is 10.4. The van der Waals surface area contributed by atoms with Gasteiger partial charge in [0.2, 0.25) is 11.8 Å². The van der Waals surface area contributed by atoms with Crippen LogP contribution in [0.5, 0.6) is 0 Å². The quantitative estimate of drug-likeness (QED) is 0.626. The summed E-state index contributed by atoms with van der Waals surface area (Å²) in [5.41, 5.74) is 4.09. The molecule has 0 bridgehead atoms. The molecule has 4 amide bonds. The molecule has 3 aliphatic rings. The van der Waals surface area contributed by atoms with E-state index in [1.807, 2.05) is 18.2 Å². The van der Waals surface area contributed by atoms with Gasteiger partial charge >= 0.3 is 0 Å². The van der Waals surface area contributed by atoms with Crippen molar-refractivity contribution in [2.45, 2.75) is 38.0 Å². The Morgan fingerprint density at radius 1 is 1.00 bits per heavy atom. The lowest BCUT2D eigenvalue weighted by atomic mass is 10.0. The van der Waals surface area contributed by atoms with Crippen LogP contribution in [-0.4, -0.2) is 41.1 Å². The van der Waals surface area contributed by atoms with Crippen molar-refractivity contribution in [2.24, 2.45) is 0 Å². The van der Waals surface area contributed by atoms with Crippen LogP contribution in [0.4, 0.5) is 0 Å². The van der Waals surface area contributed by atoms with Crippen LogP contribution in [0.1, 0.15) is 56.3 Å². The van der Waals surface area contributed by atoms with E-state index in [0.717, 1.165) is 23.6 Å². The molecule has 8 nitrogen and oxygen atoms in total. The number of carbonyl (C=O) groups is 4. The van der Waals surface area contributed by atoms with Gasteiger partial charge < -0.3 is 10.6 Å². The first-order chi connectivity index (χ1) is 15.0. The summed E-state index contributed by atoms with van der Waals surface area (Å²) in [5, 5.41) is 9.10. The second kappa shape index (κ2) is 7.72. The minimum absolute atomic E-state index is 0.108. The number of amides is 4. The molecule has 2 aromatic carbocycles. The number of hydrogen-bond donors (Lipinski definition) is 3. The van der Waals surface area contributed by atoms with Crippen molar-refractivity contribution < 1.29 is 19.2 Å². The Hall–Kier alpha value is -3.36. The van der Waals surface area contributed by atoms with E-state index in [4.69, 9.17) is 0 Å². The monoisotopic (exact) mass is 418 g/mol. The molecule has 3 heterocycles. The predicted octanol–water partition coefficient (Wildman–Crippen LogP) is 1.02. The number of nitrogens with zero attached hydrogens (tertiary/aromatic N) is 1. The van der Waals surface area contributed by atoms with Crippen molar-refractivity contribution in [2.75, 3.05) is 6.54 Å². The van der Waals surface area contributed by atoms with E-state index in [9.17, 15) is 19.2 Å². The van der Waals surface area contributed by atoms with E-state index in [-0.39, 0.29) is 24.8 Å². The van der Waals surface area contributed by atoms with Crippen LogP contribution in [-0.2, 0) is 22.7 Å². The van der Waals surface area contributed by atoms with Crippen molar-refractivity contribution >= 4 is 23.6 Å². The third-order valence-corrected chi connectivity index (χ3v) is 6.15. The standard InChI is InChI=1S/C23H22N4O4/c28-20-8-7-19(21(29)26-20)27-22(30)16-6-5-13(9-17(16)23(27)31)10-24-12-18-15-4-2-1-3-14(15)11-25-18/h1-6,9,18-19,24-25H,7-8,10-12H2,(H,26,28,29). The van der Waals surface area contributed by atoms with Gasteiger partial charge in [-0.2, -0.15) is 0 Å². The third kappa shape index (κ3) is 3.43. The molecule has 2 aromatic rings. The Bertz CT molecular complexity index is 1110. The summed E-state index contributed by atoms with van der Waals surface area (Å²) in [5.74, 6) is -1.95. The Morgan fingerprint density at radius 3 is 2.65 bits per heavy atom. The van der Waals surface area contributed by atoms with Crippen molar-refractivity contribution in [1.29, 1.82) is 0 Å². The van der Waals surface area contributed by atoms with Gasteiger partial charge in [-0.1, -0.05) is 30.3 Å². The summed E-state index contributed by atoms with van der Waals surface area (Å²) < 4.78 is 0. The van der Waals surface area contributed by atoms with Gasteiger partial charge in [0.15, 0.2) is 0 Å². The van der Waals surface area contributed by atoms with Gasteiger partial charge in [0.05, 0.1) is 11.1 Å². The first kappa shape index (κ1) is 19.6. The fourth-order valence-electron chi connectivity index (χ4n) is 4.55. The van der Waals surface area contributed by atoms with E-state index in [0.29, 0.717) is 17.7 Å². The van der Waals surface area contributed by atoms with Gasteiger partial charge in [-0.15, -0.1) is 0 Å². The number of rotatable bonds is 5. The molecule has 0 aliphatic carbocycles. The fourth-order valence-corrected chi connectivity index (χ4v) is 4.55. The predicted molar refractivity (Wildman–Crippen MR) is 111 cm³/mol. The highest BCUT2D eigenvalue weighted by Crippen LogP contribution is 2.28. The van der Waals surface area contributed by atoms with Crippen LogP contribution < -0.4 is 16.0 Å². The van der Waals surface area contributed by atoms with E-state index in [1.165, 1.54) is 11.1 Å². The lowest BCUT2D eigenvalue weighted by Gasteiger charge is -2.27. The summed E-state index contributed by atoms with van der Waals surface area (Å²) >= 11 is 0. The number of benzene rings is 2. The molecule has 0 radical (unpaired) electrons. The topological polar surface area (TPSA) is 108 Å². The number of hydrogen-bond acceptors (Lipinski definition) is 6. The molecule has 158 valence electrons. The van der Waals surface area contributed by atoms with Crippen molar-refractivity contribution in [1.82, 2.24) is 20.9 Å². The average Bonchev–Trinajstić information content (AvgIpc) is 3.28. The molecular weight excluding hydrogens is 396 g/mol. The van der Waals surface area contributed by atoms with Crippen LogP contribution in [0.15, 0.2) is 42.5 Å². The van der Waals surface area contributed by atoms with Crippen molar-refractivity contribution in [3.63, 3.8) is 0 Å². The zero-order valence-corrected chi connectivity index (χ0v) is 16.8. The molecule has 0 saturated carbocycles. The van der Waals surface area contributed by atoms with Gasteiger partial charge in [0.1, 0.15) is 6.04 Å². The number of carbonyl (C=O) groups excluding carboxylic acids is 4. The van der Waals surface area contributed by atoms with Crippen molar-refractivity contribution in [3.05, 3.63) is 70.3 Å². The zero-order chi connectivity index (χ0) is 21.5. The van der Waals surface area contributed by atoms with E-state index >= 15 is 0 Å². The highest BCUT2D eigenvalue weighted by Gasteiger charge is 2.44. The number of imide groups is 2. The molecule has 31 heavy (non-hydrogen) atoms. The molecule has 0 aromatic heterocycles. The fraction of sp³-hybridized carbons (Fsp3) is 0.304. The summed E-state index contributed by atoms with van der Waals surface area (Å²) in [7, 11) is 0. The summed E-state index contributed by atoms with van der Waals surface area (Å²) in [6.45, 7) is 2.14. The first-order valence-electron chi connectivity index (χ1n) is 10.4. The maximum absolute atomic E-state index is 12.9. The number of fused-ring (bicyclic) bond motifs is 2. The van der Waals surface area contributed by atoms with Crippen LogP contribution in [0.2, 0.25) is 0 Å². The van der Waals surface area contributed by atoms with Gasteiger partial charge in [-0.25, -0.2) is 0 Å². The molecule has 1 saturated heterocycles. The summed E-state index contributed by atoms with van der Waals surface area (Å²) in [4.78, 5) is 50.2. The summed E-state index contributed by atoms with van der Waals surface area (Å²) in [6, 6.07) is 12.8.